The van der Waals surface area contributed by atoms with Gasteiger partial charge in [-0.2, -0.15) is 0 Å². The summed E-state index contributed by atoms with van der Waals surface area (Å²) in [5.41, 5.74) is 3.76. The van der Waals surface area contributed by atoms with Crippen molar-refractivity contribution in [1.82, 2.24) is 0 Å². The van der Waals surface area contributed by atoms with Gasteiger partial charge in [0, 0.05) is 5.02 Å². The van der Waals surface area contributed by atoms with E-state index in [0.717, 1.165) is 21.7 Å². The number of benzene rings is 2. The highest BCUT2D eigenvalue weighted by Crippen LogP contribution is 2.36. The first-order chi connectivity index (χ1) is 8.49. The van der Waals surface area contributed by atoms with Crippen LogP contribution in [0.15, 0.2) is 36.4 Å². The van der Waals surface area contributed by atoms with E-state index in [-0.39, 0.29) is 10.6 Å². The Kier molecular flexibility index (Phi) is 4.08. The predicted octanol–water partition coefficient (Wildman–Crippen LogP) is 5.58. The fraction of sp³-hybridized carbons (Fsp3) is 0.200. The first kappa shape index (κ1) is 13.6. The van der Waals surface area contributed by atoms with Gasteiger partial charge in [0.05, 0.1) is 4.83 Å². The first-order valence-corrected chi connectivity index (χ1v) is 6.94. The van der Waals surface area contributed by atoms with E-state index in [1.54, 1.807) is 13.0 Å². The van der Waals surface area contributed by atoms with E-state index in [4.69, 9.17) is 11.6 Å². The first-order valence-electron chi connectivity index (χ1n) is 5.65. The SMILES string of the molecule is Cc1ccc(C(Br)c2ccc(F)c(C)c2)c(Cl)c1. The van der Waals surface area contributed by atoms with E-state index >= 15 is 0 Å². The van der Waals surface area contributed by atoms with Crippen molar-refractivity contribution in [3.05, 3.63) is 69.5 Å². The third-order valence-electron chi connectivity index (χ3n) is 2.90. The molecule has 2 aromatic carbocycles. The maximum Gasteiger partial charge on any atom is 0.126 e. The molecule has 0 radical (unpaired) electrons. The molecule has 0 aliphatic carbocycles. The van der Waals surface area contributed by atoms with Gasteiger partial charge in [-0.1, -0.05) is 51.8 Å². The molecule has 2 aromatic rings. The van der Waals surface area contributed by atoms with Crippen LogP contribution in [-0.2, 0) is 0 Å². The lowest BCUT2D eigenvalue weighted by Crippen LogP contribution is -1.96. The average Bonchev–Trinajstić information content (AvgIpc) is 2.32. The summed E-state index contributed by atoms with van der Waals surface area (Å²) in [7, 11) is 0. The van der Waals surface area contributed by atoms with Crippen LogP contribution in [0, 0.1) is 19.7 Å². The van der Waals surface area contributed by atoms with E-state index < -0.39 is 0 Å². The van der Waals surface area contributed by atoms with Crippen molar-refractivity contribution in [3.8, 4) is 0 Å². The summed E-state index contributed by atoms with van der Waals surface area (Å²) >= 11 is 9.86. The van der Waals surface area contributed by atoms with Gasteiger partial charge < -0.3 is 0 Å². The molecule has 2 rings (SSSR count). The molecule has 0 spiro atoms. The molecule has 0 saturated carbocycles. The van der Waals surface area contributed by atoms with Gasteiger partial charge in [-0.05, 0) is 48.2 Å². The van der Waals surface area contributed by atoms with Crippen LogP contribution in [0.4, 0.5) is 4.39 Å². The number of alkyl halides is 1. The molecule has 18 heavy (non-hydrogen) atoms. The fourth-order valence-electron chi connectivity index (χ4n) is 1.84. The Morgan fingerprint density at radius 3 is 2.44 bits per heavy atom. The Labute approximate surface area is 120 Å². The molecular formula is C15H13BrClF. The van der Waals surface area contributed by atoms with Crippen LogP contribution in [0.2, 0.25) is 5.02 Å². The van der Waals surface area contributed by atoms with Gasteiger partial charge in [-0.3, -0.25) is 0 Å². The third-order valence-corrected chi connectivity index (χ3v) is 4.25. The van der Waals surface area contributed by atoms with Crippen LogP contribution in [0.25, 0.3) is 0 Å². The van der Waals surface area contributed by atoms with Crippen LogP contribution in [0.3, 0.4) is 0 Å². The second-order valence-corrected chi connectivity index (χ2v) is 5.72. The van der Waals surface area contributed by atoms with Gasteiger partial charge in [-0.15, -0.1) is 0 Å². The molecule has 0 bridgehead atoms. The smallest absolute Gasteiger partial charge is 0.126 e. The molecule has 1 unspecified atom stereocenters. The van der Waals surface area contributed by atoms with E-state index in [1.807, 2.05) is 31.2 Å². The van der Waals surface area contributed by atoms with Gasteiger partial charge in [0.2, 0.25) is 0 Å². The highest BCUT2D eigenvalue weighted by Gasteiger charge is 2.14. The van der Waals surface area contributed by atoms with E-state index in [9.17, 15) is 4.39 Å². The molecule has 0 saturated heterocycles. The molecule has 94 valence electrons. The van der Waals surface area contributed by atoms with Crippen LogP contribution in [0.1, 0.15) is 27.1 Å². The molecular weight excluding hydrogens is 315 g/mol. The van der Waals surface area contributed by atoms with Crippen molar-refractivity contribution in [2.24, 2.45) is 0 Å². The fourth-order valence-corrected chi connectivity index (χ4v) is 3.00. The van der Waals surface area contributed by atoms with Crippen molar-refractivity contribution in [2.75, 3.05) is 0 Å². The van der Waals surface area contributed by atoms with E-state index in [2.05, 4.69) is 15.9 Å². The maximum absolute atomic E-state index is 13.3. The molecule has 3 heteroatoms. The minimum absolute atomic E-state index is 0.0232. The van der Waals surface area contributed by atoms with Gasteiger partial charge >= 0.3 is 0 Å². The molecule has 0 aliphatic heterocycles. The number of halogens is 3. The minimum Gasteiger partial charge on any atom is -0.207 e. The maximum atomic E-state index is 13.3. The third kappa shape index (κ3) is 2.76. The molecule has 0 heterocycles. The molecule has 0 aliphatic rings. The monoisotopic (exact) mass is 326 g/mol. The van der Waals surface area contributed by atoms with Crippen molar-refractivity contribution in [3.63, 3.8) is 0 Å². The Bertz CT molecular complexity index is 581. The normalized spacial score (nSPS) is 12.5. The Hall–Kier alpha value is -0.860. The summed E-state index contributed by atoms with van der Waals surface area (Å²) in [5, 5.41) is 0.721. The summed E-state index contributed by atoms with van der Waals surface area (Å²) < 4.78 is 13.3. The van der Waals surface area contributed by atoms with Gasteiger partial charge in [0.25, 0.3) is 0 Å². The summed E-state index contributed by atoms with van der Waals surface area (Å²) in [6.45, 7) is 3.76. The van der Waals surface area contributed by atoms with Crippen molar-refractivity contribution in [2.45, 2.75) is 18.7 Å². The Morgan fingerprint density at radius 2 is 1.83 bits per heavy atom. The van der Waals surface area contributed by atoms with Crippen LogP contribution < -0.4 is 0 Å². The summed E-state index contributed by atoms with van der Waals surface area (Å²) in [5.74, 6) is -0.187. The van der Waals surface area contributed by atoms with Gasteiger partial charge in [0.1, 0.15) is 5.82 Å². The topological polar surface area (TPSA) is 0 Å². The lowest BCUT2D eigenvalue weighted by atomic mass is 10.0. The summed E-state index contributed by atoms with van der Waals surface area (Å²) in [4.78, 5) is -0.0232. The molecule has 0 fully saturated rings. The lowest BCUT2D eigenvalue weighted by Gasteiger charge is -2.14. The Balaban J connectivity index is 2.41. The molecule has 0 aromatic heterocycles. The number of hydrogen-bond donors (Lipinski definition) is 0. The lowest BCUT2D eigenvalue weighted by molar-refractivity contribution is 0.618. The Morgan fingerprint density at radius 1 is 1.11 bits per heavy atom. The number of rotatable bonds is 2. The molecule has 0 N–H and O–H groups in total. The largest absolute Gasteiger partial charge is 0.207 e. The molecule has 0 amide bonds. The predicted molar refractivity (Wildman–Crippen MR) is 78.1 cm³/mol. The quantitative estimate of drug-likeness (QED) is 0.632. The highest BCUT2D eigenvalue weighted by molar-refractivity contribution is 9.09. The van der Waals surface area contributed by atoms with Gasteiger partial charge in [-0.25, -0.2) is 4.39 Å². The number of aryl methyl sites for hydroxylation is 2. The van der Waals surface area contributed by atoms with Crippen molar-refractivity contribution < 1.29 is 4.39 Å². The second kappa shape index (κ2) is 5.41. The van der Waals surface area contributed by atoms with Crippen LogP contribution in [-0.4, -0.2) is 0 Å². The van der Waals surface area contributed by atoms with E-state index in [1.165, 1.54) is 6.07 Å². The van der Waals surface area contributed by atoms with Crippen molar-refractivity contribution in [1.29, 1.82) is 0 Å². The number of hydrogen-bond acceptors (Lipinski definition) is 0. The van der Waals surface area contributed by atoms with E-state index in [0.29, 0.717) is 5.56 Å². The molecule has 0 nitrogen and oxygen atoms in total. The average molecular weight is 328 g/mol. The van der Waals surface area contributed by atoms with Gasteiger partial charge in [0.15, 0.2) is 0 Å². The second-order valence-electron chi connectivity index (χ2n) is 4.40. The highest BCUT2D eigenvalue weighted by atomic mass is 79.9. The van der Waals surface area contributed by atoms with Crippen LogP contribution in [0.5, 0.6) is 0 Å². The zero-order valence-corrected chi connectivity index (χ0v) is 12.5. The minimum atomic E-state index is -0.187. The summed E-state index contributed by atoms with van der Waals surface area (Å²) in [6, 6.07) is 11.0. The van der Waals surface area contributed by atoms with Crippen LogP contribution >= 0.6 is 27.5 Å². The zero-order valence-electron chi connectivity index (χ0n) is 10.2. The summed E-state index contributed by atoms with van der Waals surface area (Å²) in [6.07, 6.45) is 0. The zero-order chi connectivity index (χ0) is 13.3. The standard InChI is InChI=1S/C15H13BrClF/c1-9-3-5-12(13(17)7-9)15(16)11-4-6-14(18)10(2)8-11/h3-8,15H,1-2H3. The molecule has 1 atom stereocenters. The van der Waals surface area contributed by atoms with Crippen molar-refractivity contribution >= 4 is 27.5 Å².